The lowest BCUT2D eigenvalue weighted by atomic mass is 9.99. The van der Waals surface area contributed by atoms with Crippen LogP contribution < -0.4 is 4.31 Å². The van der Waals surface area contributed by atoms with Crippen LogP contribution in [-0.2, 0) is 10.0 Å². The van der Waals surface area contributed by atoms with Crippen molar-refractivity contribution in [3.05, 3.63) is 59.7 Å². The summed E-state index contributed by atoms with van der Waals surface area (Å²) in [6.45, 7) is 5.46. The van der Waals surface area contributed by atoms with Crippen LogP contribution in [0.4, 0.5) is 5.69 Å². The lowest BCUT2D eigenvalue weighted by molar-refractivity contribution is 0.0683. The van der Waals surface area contributed by atoms with Crippen molar-refractivity contribution in [2.75, 3.05) is 24.4 Å². The first-order chi connectivity index (χ1) is 12.8. The fourth-order valence-electron chi connectivity index (χ4n) is 3.55. The smallest absolute Gasteiger partial charge is 0.264 e. The topological polar surface area (TPSA) is 57.7 Å². The van der Waals surface area contributed by atoms with Gasteiger partial charge in [0.2, 0.25) is 0 Å². The first-order valence-corrected chi connectivity index (χ1v) is 10.7. The van der Waals surface area contributed by atoms with Crippen molar-refractivity contribution in [1.29, 1.82) is 0 Å². The number of nitrogens with zero attached hydrogens (tertiary/aromatic N) is 2. The second-order valence-corrected chi connectivity index (χ2v) is 9.25. The van der Waals surface area contributed by atoms with E-state index in [-0.39, 0.29) is 10.8 Å². The zero-order valence-corrected chi connectivity index (χ0v) is 16.9. The highest BCUT2D eigenvalue weighted by atomic mass is 32.2. The van der Waals surface area contributed by atoms with Crippen LogP contribution >= 0.6 is 0 Å². The number of hydrogen-bond donors (Lipinski definition) is 0. The molecule has 6 heteroatoms. The Hall–Kier alpha value is -2.34. The number of aryl methyl sites for hydroxylation is 1. The van der Waals surface area contributed by atoms with Crippen molar-refractivity contribution in [3.8, 4) is 0 Å². The normalized spacial score (nSPS) is 17.6. The van der Waals surface area contributed by atoms with Crippen molar-refractivity contribution in [2.45, 2.75) is 31.6 Å². The van der Waals surface area contributed by atoms with Gasteiger partial charge in [-0.1, -0.05) is 31.2 Å². The van der Waals surface area contributed by atoms with Crippen LogP contribution in [0.25, 0.3) is 0 Å². The molecule has 0 N–H and O–H groups in total. The zero-order chi connectivity index (χ0) is 19.6. The summed E-state index contributed by atoms with van der Waals surface area (Å²) >= 11 is 0. The Morgan fingerprint density at radius 1 is 1.15 bits per heavy atom. The summed E-state index contributed by atoms with van der Waals surface area (Å²) in [5.41, 5.74) is 1.92. The first kappa shape index (κ1) is 19.4. The minimum Gasteiger partial charge on any atom is -0.338 e. The SMILES string of the molecule is Cc1ccccc1N(C)S(=O)(=O)c1cccc(C(=O)N2CCCC(C)C2)c1. The van der Waals surface area contributed by atoms with E-state index in [9.17, 15) is 13.2 Å². The van der Waals surface area contributed by atoms with Crippen LogP contribution in [0.1, 0.15) is 35.7 Å². The van der Waals surface area contributed by atoms with Gasteiger partial charge in [-0.3, -0.25) is 9.10 Å². The molecule has 2 aromatic carbocycles. The van der Waals surface area contributed by atoms with Crippen LogP contribution in [0.15, 0.2) is 53.4 Å². The van der Waals surface area contributed by atoms with Crippen molar-refractivity contribution < 1.29 is 13.2 Å². The van der Waals surface area contributed by atoms with Gasteiger partial charge in [-0.2, -0.15) is 0 Å². The Kier molecular flexibility index (Phi) is 5.56. The summed E-state index contributed by atoms with van der Waals surface area (Å²) in [7, 11) is -2.21. The number of sulfonamides is 1. The van der Waals surface area contributed by atoms with E-state index in [1.807, 2.05) is 30.0 Å². The van der Waals surface area contributed by atoms with Crippen LogP contribution in [0.5, 0.6) is 0 Å². The van der Waals surface area contributed by atoms with Crippen LogP contribution in [0.3, 0.4) is 0 Å². The summed E-state index contributed by atoms with van der Waals surface area (Å²) in [5.74, 6) is 0.374. The molecule has 1 aliphatic heterocycles. The number of amides is 1. The molecular formula is C21H26N2O3S. The third kappa shape index (κ3) is 4.00. The van der Waals surface area contributed by atoms with Gasteiger partial charge in [-0.05, 0) is 55.5 Å². The Labute approximate surface area is 161 Å². The Morgan fingerprint density at radius 3 is 2.59 bits per heavy atom. The van der Waals surface area contributed by atoms with E-state index in [1.54, 1.807) is 31.3 Å². The maximum absolute atomic E-state index is 13.1. The summed E-state index contributed by atoms with van der Waals surface area (Å²) in [6.07, 6.45) is 2.11. The second-order valence-electron chi connectivity index (χ2n) is 7.29. The Morgan fingerprint density at radius 2 is 1.89 bits per heavy atom. The number of benzene rings is 2. The number of anilines is 1. The molecule has 0 saturated carbocycles. The molecule has 0 spiro atoms. The van der Waals surface area contributed by atoms with Gasteiger partial charge in [-0.25, -0.2) is 8.42 Å². The lowest BCUT2D eigenvalue weighted by Gasteiger charge is -2.31. The van der Waals surface area contributed by atoms with Crippen LogP contribution in [-0.4, -0.2) is 39.4 Å². The highest BCUT2D eigenvalue weighted by Crippen LogP contribution is 2.26. The summed E-state index contributed by atoms with van der Waals surface area (Å²) in [4.78, 5) is 14.8. The van der Waals surface area contributed by atoms with E-state index >= 15 is 0 Å². The van der Waals surface area contributed by atoms with E-state index in [2.05, 4.69) is 6.92 Å². The van der Waals surface area contributed by atoms with Crippen molar-refractivity contribution in [1.82, 2.24) is 4.90 Å². The molecule has 1 unspecified atom stereocenters. The maximum atomic E-state index is 13.1. The zero-order valence-electron chi connectivity index (χ0n) is 16.1. The number of rotatable bonds is 4. The number of carbonyl (C=O) groups excluding carboxylic acids is 1. The first-order valence-electron chi connectivity index (χ1n) is 9.24. The molecule has 1 amide bonds. The molecule has 0 bridgehead atoms. The van der Waals surface area contributed by atoms with Crippen LogP contribution in [0.2, 0.25) is 0 Å². The molecule has 1 aliphatic rings. The number of carbonyl (C=O) groups is 1. The standard InChI is InChI=1S/C21H26N2O3S/c1-16-8-7-13-23(15-16)21(24)18-10-6-11-19(14-18)27(25,26)22(3)20-12-5-4-9-17(20)2/h4-6,9-12,14,16H,7-8,13,15H2,1-3H3. The maximum Gasteiger partial charge on any atom is 0.264 e. The fourth-order valence-corrected chi connectivity index (χ4v) is 4.86. The molecule has 1 atom stereocenters. The average Bonchev–Trinajstić information content (AvgIpc) is 2.67. The fraction of sp³-hybridized carbons (Fsp3) is 0.381. The molecule has 3 rings (SSSR count). The van der Waals surface area contributed by atoms with E-state index < -0.39 is 10.0 Å². The third-order valence-electron chi connectivity index (χ3n) is 5.14. The molecule has 1 saturated heterocycles. The van der Waals surface area contributed by atoms with E-state index in [0.29, 0.717) is 17.2 Å². The lowest BCUT2D eigenvalue weighted by Crippen LogP contribution is -2.39. The monoisotopic (exact) mass is 386 g/mol. The minimum atomic E-state index is -3.75. The minimum absolute atomic E-state index is 0.0999. The molecule has 0 radical (unpaired) electrons. The number of hydrogen-bond acceptors (Lipinski definition) is 3. The van der Waals surface area contributed by atoms with Gasteiger partial charge in [0.05, 0.1) is 10.6 Å². The van der Waals surface area contributed by atoms with E-state index in [4.69, 9.17) is 0 Å². The summed E-state index contributed by atoms with van der Waals surface area (Å²) < 4.78 is 27.5. The van der Waals surface area contributed by atoms with E-state index in [1.165, 1.54) is 10.4 Å². The van der Waals surface area contributed by atoms with Gasteiger partial charge in [0.25, 0.3) is 15.9 Å². The summed E-state index contributed by atoms with van der Waals surface area (Å²) in [6, 6.07) is 13.7. The van der Waals surface area contributed by atoms with Crippen molar-refractivity contribution in [2.24, 2.45) is 5.92 Å². The Balaban J connectivity index is 1.90. The van der Waals surface area contributed by atoms with E-state index in [0.717, 1.165) is 31.5 Å². The third-order valence-corrected chi connectivity index (χ3v) is 6.91. The largest absolute Gasteiger partial charge is 0.338 e. The molecule has 144 valence electrons. The van der Waals surface area contributed by atoms with Crippen LogP contribution in [0, 0.1) is 12.8 Å². The number of piperidine rings is 1. The molecular weight excluding hydrogens is 360 g/mol. The highest BCUT2D eigenvalue weighted by Gasteiger charge is 2.26. The molecule has 1 heterocycles. The Bertz CT molecular complexity index is 940. The van der Waals surface area contributed by atoms with Gasteiger partial charge in [0, 0.05) is 25.7 Å². The molecule has 2 aromatic rings. The molecule has 0 aromatic heterocycles. The number of para-hydroxylation sites is 1. The summed E-state index contributed by atoms with van der Waals surface area (Å²) in [5, 5.41) is 0. The van der Waals surface area contributed by atoms with Crippen molar-refractivity contribution >= 4 is 21.6 Å². The molecule has 5 nitrogen and oxygen atoms in total. The predicted octanol–water partition coefficient (Wildman–Crippen LogP) is 3.69. The predicted molar refractivity (Wildman–Crippen MR) is 108 cm³/mol. The van der Waals surface area contributed by atoms with Gasteiger partial charge in [0.15, 0.2) is 0 Å². The molecule has 1 fully saturated rings. The van der Waals surface area contributed by atoms with Crippen molar-refractivity contribution in [3.63, 3.8) is 0 Å². The average molecular weight is 387 g/mol. The van der Waals surface area contributed by atoms with Gasteiger partial charge < -0.3 is 4.90 Å². The molecule has 0 aliphatic carbocycles. The number of likely N-dealkylation sites (tertiary alicyclic amines) is 1. The molecule has 27 heavy (non-hydrogen) atoms. The quantitative estimate of drug-likeness (QED) is 0.805. The second kappa shape index (κ2) is 7.72. The van der Waals surface area contributed by atoms with Gasteiger partial charge in [-0.15, -0.1) is 0 Å². The van der Waals surface area contributed by atoms with Gasteiger partial charge in [0.1, 0.15) is 0 Å². The van der Waals surface area contributed by atoms with Gasteiger partial charge >= 0.3 is 0 Å². The highest BCUT2D eigenvalue weighted by molar-refractivity contribution is 7.92.